The second-order valence-corrected chi connectivity index (χ2v) is 8.58. The van der Waals surface area contributed by atoms with Gasteiger partial charge in [0.2, 0.25) is 11.8 Å². The van der Waals surface area contributed by atoms with Gasteiger partial charge in [-0.25, -0.2) is 0 Å². The summed E-state index contributed by atoms with van der Waals surface area (Å²) < 4.78 is 5.81. The van der Waals surface area contributed by atoms with E-state index in [4.69, 9.17) is 4.42 Å². The van der Waals surface area contributed by atoms with Crippen molar-refractivity contribution in [2.45, 2.75) is 39.7 Å². The van der Waals surface area contributed by atoms with Gasteiger partial charge in [-0.3, -0.25) is 9.59 Å². The van der Waals surface area contributed by atoms with E-state index in [-0.39, 0.29) is 23.6 Å². The van der Waals surface area contributed by atoms with Gasteiger partial charge in [-0.15, -0.1) is 11.8 Å². The van der Waals surface area contributed by atoms with Gasteiger partial charge in [0.15, 0.2) is 0 Å². The lowest BCUT2D eigenvalue weighted by molar-refractivity contribution is -0.133. The molecule has 0 aliphatic carbocycles. The van der Waals surface area contributed by atoms with E-state index < -0.39 is 0 Å². The van der Waals surface area contributed by atoms with Gasteiger partial charge >= 0.3 is 0 Å². The normalized spacial score (nSPS) is 19.5. The number of anilines is 1. The minimum atomic E-state index is -0.0890. The highest BCUT2D eigenvalue weighted by Crippen LogP contribution is 2.35. The monoisotopic (exact) mass is 400 g/mol. The van der Waals surface area contributed by atoms with Crippen LogP contribution in [0.3, 0.4) is 0 Å². The number of nitrogens with zero attached hydrogens (tertiary/aromatic N) is 1. The zero-order chi connectivity index (χ0) is 20.1. The Morgan fingerprint density at radius 2 is 2.04 bits per heavy atom. The smallest absolute Gasteiger partial charge is 0.234 e. The average Bonchev–Trinajstić information content (AvgIpc) is 3.08. The lowest BCUT2D eigenvalue weighted by Crippen LogP contribution is -2.41. The van der Waals surface area contributed by atoms with Gasteiger partial charge in [0.1, 0.15) is 11.5 Å². The molecule has 0 spiro atoms. The van der Waals surface area contributed by atoms with Crippen LogP contribution in [0, 0.1) is 19.8 Å². The summed E-state index contributed by atoms with van der Waals surface area (Å²) >= 11 is 1.36. The predicted molar refractivity (Wildman–Crippen MR) is 113 cm³/mol. The first-order valence-electron chi connectivity index (χ1n) is 9.72. The molecule has 150 valence electrons. The molecule has 0 bridgehead atoms. The van der Waals surface area contributed by atoms with E-state index in [0.717, 1.165) is 42.2 Å². The predicted octanol–water partition coefficient (Wildman–Crippen LogP) is 4.57. The third-order valence-corrected chi connectivity index (χ3v) is 5.95. The van der Waals surface area contributed by atoms with Crippen molar-refractivity contribution in [1.29, 1.82) is 0 Å². The topological polar surface area (TPSA) is 62.6 Å². The first-order valence-corrected chi connectivity index (χ1v) is 10.9. The van der Waals surface area contributed by atoms with Gasteiger partial charge in [-0.05, 0) is 62.4 Å². The largest absolute Gasteiger partial charge is 0.464 e. The van der Waals surface area contributed by atoms with E-state index in [1.165, 1.54) is 11.8 Å². The maximum atomic E-state index is 12.8. The number of rotatable bonds is 6. The van der Waals surface area contributed by atoms with Crippen molar-refractivity contribution in [3.63, 3.8) is 0 Å². The molecule has 2 atom stereocenters. The Balaban J connectivity index is 1.52. The number of furan rings is 1. The Bertz CT molecular complexity index is 833. The van der Waals surface area contributed by atoms with Gasteiger partial charge in [0.05, 0.1) is 17.5 Å². The van der Waals surface area contributed by atoms with E-state index in [1.807, 2.05) is 55.1 Å². The minimum Gasteiger partial charge on any atom is -0.464 e. The summed E-state index contributed by atoms with van der Waals surface area (Å²) in [6, 6.07) is 11.6. The van der Waals surface area contributed by atoms with Crippen LogP contribution in [0.15, 0.2) is 40.8 Å². The SMILES string of the molecule is Cc1cccc(NC(=O)CSCC(=O)N2CC[C@H](C)C[C@@H]2c2ccc(C)o2)c1. The van der Waals surface area contributed by atoms with Crippen LogP contribution in [-0.4, -0.2) is 34.8 Å². The summed E-state index contributed by atoms with van der Waals surface area (Å²) in [5, 5.41) is 2.88. The van der Waals surface area contributed by atoms with Gasteiger partial charge < -0.3 is 14.6 Å². The molecule has 3 rings (SSSR count). The zero-order valence-corrected chi connectivity index (χ0v) is 17.6. The summed E-state index contributed by atoms with van der Waals surface area (Å²) in [5.41, 5.74) is 1.88. The Labute approximate surface area is 170 Å². The number of nitrogens with one attached hydrogen (secondary N) is 1. The van der Waals surface area contributed by atoms with E-state index in [1.54, 1.807) is 0 Å². The van der Waals surface area contributed by atoms with Crippen LogP contribution in [0.5, 0.6) is 0 Å². The van der Waals surface area contributed by atoms with Crippen molar-refractivity contribution in [3.8, 4) is 0 Å². The zero-order valence-electron chi connectivity index (χ0n) is 16.7. The van der Waals surface area contributed by atoms with Crippen LogP contribution in [-0.2, 0) is 9.59 Å². The van der Waals surface area contributed by atoms with Crippen molar-refractivity contribution in [1.82, 2.24) is 4.90 Å². The lowest BCUT2D eigenvalue weighted by atomic mass is 9.91. The first-order chi connectivity index (χ1) is 13.4. The Morgan fingerprint density at radius 3 is 2.75 bits per heavy atom. The molecule has 6 heteroatoms. The summed E-state index contributed by atoms with van der Waals surface area (Å²) in [5.74, 6) is 2.82. The Kier molecular flexibility index (Phi) is 6.83. The molecular formula is C22H28N2O3S. The third kappa shape index (κ3) is 5.41. The van der Waals surface area contributed by atoms with E-state index in [2.05, 4.69) is 12.2 Å². The number of hydrogen-bond donors (Lipinski definition) is 1. The molecule has 2 aromatic rings. The van der Waals surface area contributed by atoms with E-state index in [0.29, 0.717) is 11.7 Å². The molecule has 1 fully saturated rings. The number of aryl methyl sites for hydroxylation is 2. The molecule has 1 aromatic heterocycles. The number of carbonyl (C=O) groups is 2. The molecule has 0 radical (unpaired) electrons. The maximum Gasteiger partial charge on any atom is 0.234 e. The second kappa shape index (κ2) is 9.32. The molecule has 1 aromatic carbocycles. The maximum absolute atomic E-state index is 12.8. The third-order valence-electron chi connectivity index (χ3n) is 5.04. The molecule has 1 N–H and O–H groups in total. The van der Waals surface area contributed by atoms with Gasteiger partial charge in [-0.2, -0.15) is 0 Å². The van der Waals surface area contributed by atoms with Crippen molar-refractivity contribution in [2.24, 2.45) is 5.92 Å². The molecule has 2 amide bonds. The molecule has 28 heavy (non-hydrogen) atoms. The summed E-state index contributed by atoms with van der Waals surface area (Å²) in [6.45, 7) is 6.86. The first kappa shape index (κ1) is 20.5. The summed E-state index contributed by atoms with van der Waals surface area (Å²) in [4.78, 5) is 26.9. The summed E-state index contributed by atoms with van der Waals surface area (Å²) in [6.07, 6.45) is 1.91. The van der Waals surface area contributed by atoms with Crippen LogP contribution < -0.4 is 5.32 Å². The second-order valence-electron chi connectivity index (χ2n) is 7.59. The molecule has 1 aliphatic rings. The number of piperidine rings is 1. The molecule has 1 saturated heterocycles. The van der Waals surface area contributed by atoms with Crippen molar-refractivity contribution in [2.75, 3.05) is 23.4 Å². The number of amides is 2. The van der Waals surface area contributed by atoms with Gasteiger partial charge in [-0.1, -0.05) is 19.1 Å². The lowest BCUT2D eigenvalue weighted by Gasteiger charge is -2.37. The van der Waals surface area contributed by atoms with Crippen molar-refractivity contribution in [3.05, 3.63) is 53.5 Å². The van der Waals surface area contributed by atoms with Crippen LogP contribution in [0.4, 0.5) is 5.69 Å². The quantitative estimate of drug-likeness (QED) is 0.772. The van der Waals surface area contributed by atoms with Crippen molar-refractivity contribution < 1.29 is 14.0 Å². The standard InChI is InChI=1S/C22H28N2O3S/c1-15-5-4-6-18(11-15)23-21(25)13-28-14-22(26)24-10-9-16(2)12-19(24)20-8-7-17(3)27-20/h4-8,11,16,19H,9-10,12-14H2,1-3H3,(H,23,25)/t16-,19+/m0/s1. The minimum absolute atomic E-state index is 0.00771. The van der Waals surface area contributed by atoms with Crippen LogP contribution in [0.25, 0.3) is 0 Å². The van der Waals surface area contributed by atoms with E-state index in [9.17, 15) is 9.59 Å². The number of benzene rings is 1. The molecule has 1 aliphatic heterocycles. The number of hydrogen-bond acceptors (Lipinski definition) is 4. The number of likely N-dealkylation sites (tertiary alicyclic amines) is 1. The Morgan fingerprint density at radius 1 is 1.21 bits per heavy atom. The fourth-order valence-electron chi connectivity index (χ4n) is 3.58. The fraction of sp³-hybridized carbons (Fsp3) is 0.455. The van der Waals surface area contributed by atoms with Crippen LogP contribution in [0.2, 0.25) is 0 Å². The molecule has 0 saturated carbocycles. The molecular weight excluding hydrogens is 372 g/mol. The van der Waals surface area contributed by atoms with Gasteiger partial charge in [0, 0.05) is 12.2 Å². The highest BCUT2D eigenvalue weighted by molar-refractivity contribution is 8.00. The van der Waals surface area contributed by atoms with Crippen LogP contribution >= 0.6 is 11.8 Å². The van der Waals surface area contributed by atoms with Crippen molar-refractivity contribution >= 4 is 29.3 Å². The molecule has 0 unspecified atom stereocenters. The summed E-state index contributed by atoms with van der Waals surface area (Å²) in [7, 11) is 0. The van der Waals surface area contributed by atoms with E-state index >= 15 is 0 Å². The highest BCUT2D eigenvalue weighted by atomic mass is 32.2. The highest BCUT2D eigenvalue weighted by Gasteiger charge is 2.32. The number of carbonyl (C=O) groups excluding carboxylic acids is 2. The van der Waals surface area contributed by atoms with Gasteiger partial charge in [0.25, 0.3) is 0 Å². The average molecular weight is 401 g/mol. The molecule has 2 heterocycles. The van der Waals surface area contributed by atoms with Crippen LogP contribution in [0.1, 0.15) is 42.9 Å². The fourth-order valence-corrected chi connectivity index (χ4v) is 4.28. The Hall–Kier alpha value is -2.21. The number of thioether (sulfide) groups is 1. The molecule has 5 nitrogen and oxygen atoms in total.